The van der Waals surface area contributed by atoms with E-state index in [2.05, 4.69) is 35.0 Å². The maximum atomic E-state index is 11.9. The smallest absolute Gasteiger partial charge is 0.225 e. The number of amides is 1. The van der Waals surface area contributed by atoms with Gasteiger partial charge in [0, 0.05) is 24.5 Å². The average Bonchev–Trinajstić information content (AvgIpc) is 2.75. The summed E-state index contributed by atoms with van der Waals surface area (Å²) in [5.41, 5.74) is 9.86. The van der Waals surface area contributed by atoms with Gasteiger partial charge in [-0.05, 0) is 54.8 Å². The fourth-order valence-electron chi connectivity index (χ4n) is 3.92. The molecule has 148 valence electrons. The third-order valence-electron chi connectivity index (χ3n) is 5.46. The van der Waals surface area contributed by atoms with Crippen molar-refractivity contribution >= 4 is 11.6 Å². The number of benzene rings is 2. The topological polar surface area (TPSA) is 68.5 Å². The minimum Gasteiger partial charge on any atom is -0.487 e. The molecular weight excluding hydrogens is 362 g/mol. The van der Waals surface area contributed by atoms with Crippen LogP contribution in [0.4, 0.5) is 5.69 Å². The Kier molecular flexibility index (Phi) is 5.47. The monoisotopic (exact) mass is 387 g/mol. The van der Waals surface area contributed by atoms with E-state index in [1.807, 2.05) is 48.5 Å². The molecule has 0 saturated carbocycles. The Hall–Kier alpha value is -3.34. The SMILES string of the molecule is C[C@H]1C[C@@H](C(N)=O)c2ccccc2N1Cc1ccc(OCc2ccccn2)cc1. The van der Waals surface area contributed by atoms with Gasteiger partial charge in [-0.1, -0.05) is 36.4 Å². The number of carbonyl (C=O) groups excluding carboxylic acids is 1. The summed E-state index contributed by atoms with van der Waals surface area (Å²) in [6.45, 7) is 3.37. The molecule has 2 aromatic carbocycles. The fraction of sp³-hybridized carbons (Fsp3) is 0.250. The van der Waals surface area contributed by atoms with Crippen LogP contribution in [0.2, 0.25) is 0 Å². The highest BCUT2D eigenvalue weighted by Gasteiger charge is 2.32. The summed E-state index contributed by atoms with van der Waals surface area (Å²) >= 11 is 0. The van der Waals surface area contributed by atoms with Crippen LogP contribution in [0.1, 0.15) is 36.1 Å². The maximum Gasteiger partial charge on any atom is 0.225 e. The van der Waals surface area contributed by atoms with Crippen molar-refractivity contribution in [1.82, 2.24) is 4.98 Å². The minimum absolute atomic E-state index is 0.222. The number of hydrogen-bond donors (Lipinski definition) is 1. The second-order valence-electron chi connectivity index (χ2n) is 7.48. The van der Waals surface area contributed by atoms with Crippen molar-refractivity contribution in [3.05, 3.63) is 89.7 Å². The molecule has 5 heteroatoms. The van der Waals surface area contributed by atoms with Gasteiger partial charge in [-0.25, -0.2) is 0 Å². The number of nitrogens with zero attached hydrogens (tertiary/aromatic N) is 2. The van der Waals surface area contributed by atoms with E-state index in [0.29, 0.717) is 6.61 Å². The van der Waals surface area contributed by atoms with Gasteiger partial charge in [0.2, 0.25) is 5.91 Å². The van der Waals surface area contributed by atoms with Crippen molar-refractivity contribution in [3.8, 4) is 5.75 Å². The Morgan fingerprint density at radius 1 is 1.10 bits per heavy atom. The van der Waals surface area contributed by atoms with Gasteiger partial charge in [0.25, 0.3) is 0 Å². The van der Waals surface area contributed by atoms with Gasteiger partial charge >= 0.3 is 0 Å². The Morgan fingerprint density at radius 2 is 1.86 bits per heavy atom. The van der Waals surface area contributed by atoms with E-state index >= 15 is 0 Å². The molecule has 0 spiro atoms. The summed E-state index contributed by atoms with van der Waals surface area (Å²) in [6.07, 6.45) is 2.50. The Balaban J connectivity index is 1.47. The molecule has 3 aromatic rings. The van der Waals surface area contributed by atoms with Crippen LogP contribution in [0, 0.1) is 0 Å². The van der Waals surface area contributed by atoms with Crippen LogP contribution in [0.5, 0.6) is 5.75 Å². The number of rotatable bonds is 6. The van der Waals surface area contributed by atoms with Gasteiger partial charge in [0.05, 0.1) is 11.6 Å². The first-order chi connectivity index (χ1) is 14.1. The molecule has 0 radical (unpaired) electrons. The highest BCUT2D eigenvalue weighted by molar-refractivity contribution is 5.85. The molecule has 5 nitrogen and oxygen atoms in total. The van der Waals surface area contributed by atoms with E-state index in [4.69, 9.17) is 10.5 Å². The normalized spacial score (nSPS) is 18.2. The van der Waals surface area contributed by atoms with Crippen LogP contribution in [0.25, 0.3) is 0 Å². The highest BCUT2D eigenvalue weighted by Crippen LogP contribution is 2.39. The summed E-state index contributed by atoms with van der Waals surface area (Å²) in [5, 5.41) is 0. The Labute approximate surface area is 171 Å². The van der Waals surface area contributed by atoms with Gasteiger partial charge in [-0.15, -0.1) is 0 Å². The lowest BCUT2D eigenvalue weighted by Crippen LogP contribution is -2.41. The van der Waals surface area contributed by atoms with Crippen LogP contribution >= 0.6 is 0 Å². The molecule has 2 heterocycles. The zero-order valence-corrected chi connectivity index (χ0v) is 16.5. The molecule has 1 amide bonds. The van der Waals surface area contributed by atoms with E-state index in [-0.39, 0.29) is 17.9 Å². The van der Waals surface area contributed by atoms with Crippen molar-refractivity contribution in [2.45, 2.75) is 38.5 Å². The molecule has 0 saturated heterocycles. The molecule has 1 aromatic heterocycles. The van der Waals surface area contributed by atoms with Gasteiger partial charge in [-0.2, -0.15) is 0 Å². The number of nitrogens with two attached hydrogens (primary N) is 1. The Morgan fingerprint density at radius 3 is 2.59 bits per heavy atom. The van der Waals surface area contributed by atoms with Crippen molar-refractivity contribution in [2.24, 2.45) is 5.73 Å². The first-order valence-corrected chi connectivity index (χ1v) is 9.88. The fourth-order valence-corrected chi connectivity index (χ4v) is 3.92. The van der Waals surface area contributed by atoms with E-state index in [1.165, 1.54) is 5.56 Å². The second kappa shape index (κ2) is 8.35. The van der Waals surface area contributed by atoms with E-state index in [9.17, 15) is 4.79 Å². The number of aromatic nitrogens is 1. The lowest BCUT2D eigenvalue weighted by atomic mass is 9.85. The summed E-state index contributed by atoms with van der Waals surface area (Å²) in [6, 6.07) is 22.2. The standard InChI is InChI=1S/C24H25N3O2/c1-17-14-22(24(25)28)21-7-2-3-8-23(21)27(17)15-18-9-11-20(12-10-18)29-16-19-6-4-5-13-26-19/h2-13,17,22H,14-16H2,1H3,(H2,25,28)/t17-,22+/m0/s1. The number of fused-ring (bicyclic) bond motifs is 1. The van der Waals surface area contributed by atoms with Crippen LogP contribution in [-0.2, 0) is 17.9 Å². The Bertz CT molecular complexity index is 973. The minimum atomic E-state index is -0.252. The molecule has 4 rings (SSSR count). The number of pyridine rings is 1. The molecule has 0 aliphatic carbocycles. The molecule has 1 aliphatic rings. The first-order valence-electron chi connectivity index (χ1n) is 9.88. The van der Waals surface area contributed by atoms with E-state index in [0.717, 1.165) is 35.7 Å². The molecule has 0 unspecified atom stereocenters. The molecule has 0 bridgehead atoms. The van der Waals surface area contributed by atoms with Crippen LogP contribution in [0.3, 0.4) is 0 Å². The van der Waals surface area contributed by atoms with Gasteiger partial charge in [0.1, 0.15) is 12.4 Å². The van der Waals surface area contributed by atoms with Crippen LogP contribution in [0.15, 0.2) is 72.9 Å². The third-order valence-corrected chi connectivity index (χ3v) is 5.46. The average molecular weight is 387 g/mol. The summed E-state index contributed by atoms with van der Waals surface area (Å²) in [4.78, 5) is 18.5. The molecule has 2 atom stereocenters. The summed E-state index contributed by atoms with van der Waals surface area (Å²) < 4.78 is 5.83. The molecule has 29 heavy (non-hydrogen) atoms. The van der Waals surface area contributed by atoms with Crippen molar-refractivity contribution in [3.63, 3.8) is 0 Å². The number of carbonyl (C=O) groups is 1. The first kappa shape index (κ1) is 19.0. The quantitative estimate of drug-likeness (QED) is 0.693. The zero-order valence-electron chi connectivity index (χ0n) is 16.5. The largest absolute Gasteiger partial charge is 0.487 e. The maximum absolute atomic E-state index is 11.9. The lowest BCUT2D eigenvalue weighted by Gasteiger charge is -2.40. The molecule has 1 aliphatic heterocycles. The second-order valence-corrected chi connectivity index (χ2v) is 7.48. The van der Waals surface area contributed by atoms with Crippen molar-refractivity contribution in [2.75, 3.05) is 4.90 Å². The zero-order chi connectivity index (χ0) is 20.2. The number of ether oxygens (including phenoxy) is 1. The number of hydrogen-bond acceptors (Lipinski definition) is 4. The third kappa shape index (κ3) is 4.24. The van der Waals surface area contributed by atoms with E-state index in [1.54, 1.807) is 6.20 Å². The van der Waals surface area contributed by atoms with Gasteiger partial charge < -0.3 is 15.4 Å². The van der Waals surface area contributed by atoms with Gasteiger partial charge in [0.15, 0.2) is 0 Å². The number of primary amides is 1. The van der Waals surface area contributed by atoms with Crippen molar-refractivity contribution in [1.29, 1.82) is 0 Å². The molecule has 0 fully saturated rings. The predicted octanol–water partition coefficient (Wildman–Crippen LogP) is 4.03. The predicted molar refractivity (Wildman–Crippen MR) is 114 cm³/mol. The van der Waals surface area contributed by atoms with Crippen LogP contribution < -0.4 is 15.4 Å². The summed E-state index contributed by atoms with van der Waals surface area (Å²) in [7, 11) is 0. The van der Waals surface area contributed by atoms with Crippen molar-refractivity contribution < 1.29 is 9.53 Å². The molecular formula is C24H25N3O2. The number of anilines is 1. The lowest BCUT2D eigenvalue weighted by molar-refractivity contribution is -0.119. The summed E-state index contributed by atoms with van der Waals surface area (Å²) in [5.74, 6) is 0.346. The number of para-hydroxylation sites is 1. The molecule has 2 N–H and O–H groups in total. The van der Waals surface area contributed by atoms with E-state index < -0.39 is 0 Å². The van der Waals surface area contributed by atoms with Crippen LogP contribution in [-0.4, -0.2) is 16.9 Å². The highest BCUT2D eigenvalue weighted by atomic mass is 16.5. The van der Waals surface area contributed by atoms with Gasteiger partial charge in [-0.3, -0.25) is 9.78 Å².